The van der Waals surface area contributed by atoms with Crippen molar-refractivity contribution < 1.29 is 4.79 Å². The molecule has 0 bridgehead atoms. The van der Waals surface area contributed by atoms with Gasteiger partial charge in [-0.25, -0.2) is 0 Å². The Morgan fingerprint density at radius 2 is 1.65 bits per heavy atom. The second-order valence-corrected chi connectivity index (χ2v) is 6.56. The molecule has 120 valence electrons. The highest BCUT2D eigenvalue weighted by Crippen LogP contribution is 2.28. The topological polar surface area (TPSA) is 29.1 Å². The van der Waals surface area contributed by atoms with E-state index < -0.39 is 0 Å². The molecule has 1 aliphatic rings. The molecule has 0 atom stereocenters. The van der Waals surface area contributed by atoms with Crippen molar-refractivity contribution in [3.8, 4) is 0 Å². The van der Waals surface area contributed by atoms with Crippen LogP contribution in [0.3, 0.4) is 0 Å². The summed E-state index contributed by atoms with van der Waals surface area (Å²) in [7, 11) is 0. The van der Waals surface area contributed by atoms with Gasteiger partial charge in [-0.3, -0.25) is 4.79 Å². The summed E-state index contributed by atoms with van der Waals surface area (Å²) in [5.41, 5.74) is 3.39. The predicted molar refractivity (Wildman–Crippen MR) is 95.5 cm³/mol. The number of hydrogen-bond acceptors (Lipinski definition) is 1. The van der Waals surface area contributed by atoms with Crippen LogP contribution in [0.2, 0.25) is 0 Å². The number of benzene rings is 2. The fourth-order valence-electron chi connectivity index (χ4n) is 3.46. The molecule has 0 heterocycles. The highest BCUT2D eigenvalue weighted by molar-refractivity contribution is 5.91. The summed E-state index contributed by atoms with van der Waals surface area (Å²) in [5, 5.41) is 3.12. The van der Waals surface area contributed by atoms with Crippen LogP contribution in [0, 0.1) is 5.92 Å². The van der Waals surface area contributed by atoms with Crippen LogP contribution in [0.4, 0.5) is 5.69 Å². The van der Waals surface area contributed by atoms with Gasteiger partial charge in [-0.15, -0.1) is 0 Å². The second kappa shape index (κ2) is 7.96. The Morgan fingerprint density at radius 3 is 2.43 bits per heavy atom. The van der Waals surface area contributed by atoms with E-state index in [1.165, 1.54) is 36.8 Å². The minimum Gasteiger partial charge on any atom is -0.326 e. The zero-order valence-electron chi connectivity index (χ0n) is 13.6. The van der Waals surface area contributed by atoms with Gasteiger partial charge >= 0.3 is 0 Å². The maximum absolute atomic E-state index is 12.3. The van der Waals surface area contributed by atoms with E-state index in [0.717, 1.165) is 24.4 Å². The molecule has 3 rings (SSSR count). The summed E-state index contributed by atoms with van der Waals surface area (Å²) in [6.07, 6.45) is 7.81. The summed E-state index contributed by atoms with van der Waals surface area (Å²) in [5.74, 6) is 0.915. The number of carbonyl (C=O) groups excluding carboxylic acids is 1. The van der Waals surface area contributed by atoms with Gasteiger partial charge in [0.2, 0.25) is 5.91 Å². The number of hydrogen-bond donors (Lipinski definition) is 1. The van der Waals surface area contributed by atoms with E-state index >= 15 is 0 Å². The molecular weight excluding hydrogens is 282 g/mol. The molecule has 1 amide bonds. The van der Waals surface area contributed by atoms with Crippen LogP contribution in [-0.4, -0.2) is 5.91 Å². The van der Waals surface area contributed by atoms with Crippen LogP contribution in [-0.2, 0) is 11.2 Å². The van der Waals surface area contributed by atoms with E-state index in [-0.39, 0.29) is 5.91 Å². The molecule has 23 heavy (non-hydrogen) atoms. The first kappa shape index (κ1) is 15.8. The Hall–Kier alpha value is -2.09. The lowest BCUT2D eigenvalue weighted by Crippen LogP contribution is -2.14. The molecule has 2 aromatic rings. The standard InChI is InChI=1S/C21H25NO/c23-21(15-14-17-8-4-5-9-17)22-20-13-7-6-12-19(20)16-18-10-2-1-3-11-18/h1-3,6-7,10-13,17H,4-5,8-9,14-16H2,(H,22,23). The van der Waals surface area contributed by atoms with Gasteiger partial charge in [0.05, 0.1) is 0 Å². The van der Waals surface area contributed by atoms with E-state index in [0.29, 0.717) is 6.42 Å². The van der Waals surface area contributed by atoms with Crippen LogP contribution in [0.15, 0.2) is 54.6 Å². The zero-order chi connectivity index (χ0) is 15.9. The van der Waals surface area contributed by atoms with Gasteiger partial charge in [-0.1, -0.05) is 74.2 Å². The smallest absolute Gasteiger partial charge is 0.224 e. The molecule has 2 heteroatoms. The number of rotatable bonds is 6. The fourth-order valence-corrected chi connectivity index (χ4v) is 3.46. The van der Waals surface area contributed by atoms with Crippen molar-refractivity contribution in [3.05, 3.63) is 65.7 Å². The number of anilines is 1. The van der Waals surface area contributed by atoms with Crippen LogP contribution in [0.25, 0.3) is 0 Å². The average molecular weight is 307 g/mol. The molecule has 1 saturated carbocycles. The molecule has 0 aromatic heterocycles. The molecular formula is C21H25NO. The Bertz CT molecular complexity index is 629. The van der Waals surface area contributed by atoms with Crippen LogP contribution < -0.4 is 5.32 Å². The first-order valence-electron chi connectivity index (χ1n) is 8.73. The SMILES string of the molecule is O=C(CCC1CCCC1)Nc1ccccc1Cc1ccccc1. The second-order valence-electron chi connectivity index (χ2n) is 6.56. The largest absolute Gasteiger partial charge is 0.326 e. The molecule has 2 nitrogen and oxygen atoms in total. The van der Waals surface area contributed by atoms with Crippen LogP contribution in [0.1, 0.15) is 49.7 Å². The molecule has 0 unspecified atom stereocenters. The third kappa shape index (κ3) is 4.69. The van der Waals surface area contributed by atoms with E-state index in [9.17, 15) is 4.79 Å². The van der Waals surface area contributed by atoms with Gasteiger partial charge in [0.1, 0.15) is 0 Å². The van der Waals surface area contributed by atoms with Gasteiger partial charge in [-0.05, 0) is 36.0 Å². The Morgan fingerprint density at radius 1 is 0.957 bits per heavy atom. The highest BCUT2D eigenvalue weighted by Gasteiger charge is 2.16. The van der Waals surface area contributed by atoms with Crippen molar-refractivity contribution in [2.24, 2.45) is 5.92 Å². The maximum Gasteiger partial charge on any atom is 0.224 e. The Labute approximate surface area is 138 Å². The minimum atomic E-state index is 0.150. The van der Waals surface area contributed by atoms with Gasteiger partial charge in [-0.2, -0.15) is 0 Å². The first-order chi connectivity index (χ1) is 11.3. The van der Waals surface area contributed by atoms with Crippen molar-refractivity contribution in [1.82, 2.24) is 0 Å². The van der Waals surface area contributed by atoms with E-state index in [1.54, 1.807) is 0 Å². The molecule has 0 saturated heterocycles. The normalized spacial score (nSPS) is 14.8. The van der Waals surface area contributed by atoms with Crippen molar-refractivity contribution in [1.29, 1.82) is 0 Å². The highest BCUT2D eigenvalue weighted by atomic mass is 16.1. The predicted octanol–water partition coefficient (Wildman–Crippen LogP) is 5.19. The zero-order valence-corrected chi connectivity index (χ0v) is 13.6. The van der Waals surface area contributed by atoms with E-state index in [1.807, 2.05) is 24.3 Å². The van der Waals surface area contributed by atoms with Crippen molar-refractivity contribution in [3.63, 3.8) is 0 Å². The molecule has 0 radical (unpaired) electrons. The molecule has 2 aromatic carbocycles. The van der Waals surface area contributed by atoms with Gasteiger partial charge < -0.3 is 5.32 Å². The Kier molecular flexibility index (Phi) is 5.46. The minimum absolute atomic E-state index is 0.150. The fraction of sp³-hybridized carbons (Fsp3) is 0.381. The van der Waals surface area contributed by atoms with Crippen molar-refractivity contribution in [2.75, 3.05) is 5.32 Å². The number of carbonyl (C=O) groups is 1. The molecule has 0 spiro atoms. The monoisotopic (exact) mass is 307 g/mol. The van der Waals surface area contributed by atoms with E-state index in [4.69, 9.17) is 0 Å². The van der Waals surface area contributed by atoms with Gasteiger partial charge in [0.25, 0.3) is 0 Å². The summed E-state index contributed by atoms with van der Waals surface area (Å²) < 4.78 is 0. The maximum atomic E-state index is 12.3. The number of nitrogens with one attached hydrogen (secondary N) is 1. The summed E-state index contributed by atoms with van der Waals surface area (Å²) >= 11 is 0. The first-order valence-corrected chi connectivity index (χ1v) is 8.73. The quantitative estimate of drug-likeness (QED) is 0.782. The van der Waals surface area contributed by atoms with Crippen molar-refractivity contribution >= 4 is 11.6 Å². The van der Waals surface area contributed by atoms with Gasteiger partial charge in [0.15, 0.2) is 0 Å². The number of para-hydroxylation sites is 1. The molecule has 0 aliphatic heterocycles. The summed E-state index contributed by atoms with van der Waals surface area (Å²) in [6.45, 7) is 0. The lowest BCUT2D eigenvalue weighted by molar-refractivity contribution is -0.116. The lowest BCUT2D eigenvalue weighted by atomic mass is 10.0. The van der Waals surface area contributed by atoms with Crippen LogP contribution >= 0.6 is 0 Å². The molecule has 1 aliphatic carbocycles. The summed E-state index contributed by atoms with van der Waals surface area (Å²) in [4.78, 5) is 12.3. The third-order valence-corrected chi connectivity index (χ3v) is 4.78. The molecule has 1 N–H and O–H groups in total. The van der Waals surface area contributed by atoms with E-state index in [2.05, 4.69) is 35.6 Å². The Balaban J connectivity index is 1.59. The third-order valence-electron chi connectivity index (χ3n) is 4.78. The van der Waals surface area contributed by atoms with Crippen LogP contribution in [0.5, 0.6) is 0 Å². The summed E-state index contributed by atoms with van der Waals surface area (Å²) in [6, 6.07) is 18.5. The average Bonchev–Trinajstić information content (AvgIpc) is 3.09. The lowest BCUT2D eigenvalue weighted by Gasteiger charge is -2.12. The number of amides is 1. The molecule has 1 fully saturated rings. The van der Waals surface area contributed by atoms with Crippen molar-refractivity contribution in [2.45, 2.75) is 44.9 Å². The van der Waals surface area contributed by atoms with Gasteiger partial charge in [0, 0.05) is 12.1 Å².